The number of rotatable bonds is 3. The first-order valence-corrected chi connectivity index (χ1v) is 4.62. The van der Waals surface area contributed by atoms with Crippen LogP contribution in [0, 0.1) is 0 Å². The molecule has 0 radical (unpaired) electrons. The van der Waals surface area contributed by atoms with Crippen molar-refractivity contribution in [2.24, 2.45) is 7.05 Å². The van der Waals surface area contributed by atoms with Crippen molar-refractivity contribution in [2.45, 2.75) is 6.54 Å². The maximum atomic E-state index is 4.34. The molecule has 0 spiro atoms. The van der Waals surface area contributed by atoms with Gasteiger partial charge in [-0.3, -0.25) is 0 Å². The standard InChI is InChI=1S/C10H14N4/c1-11-7-10-13-6-9(14(10)2)8-4-3-5-12-8/h3-6,11-12H,7H2,1-2H3. The Morgan fingerprint density at radius 1 is 1.57 bits per heavy atom. The van der Waals surface area contributed by atoms with Gasteiger partial charge in [0.05, 0.1) is 24.1 Å². The molecule has 0 aliphatic carbocycles. The number of aromatic nitrogens is 3. The minimum Gasteiger partial charge on any atom is -0.360 e. The van der Waals surface area contributed by atoms with E-state index in [0.29, 0.717) is 0 Å². The lowest BCUT2D eigenvalue weighted by Gasteiger charge is -2.03. The molecule has 2 rings (SSSR count). The van der Waals surface area contributed by atoms with Crippen molar-refractivity contribution in [3.8, 4) is 11.4 Å². The minimum absolute atomic E-state index is 0.789. The second-order valence-electron chi connectivity index (χ2n) is 3.23. The van der Waals surface area contributed by atoms with Crippen LogP contribution in [-0.4, -0.2) is 21.6 Å². The highest BCUT2D eigenvalue weighted by Gasteiger charge is 2.07. The van der Waals surface area contributed by atoms with Gasteiger partial charge >= 0.3 is 0 Å². The first kappa shape index (κ1) is 9.02. The predicted molar refractivity (Wildman–Crippen MR) is 55.8 cm³/mol. The molecular weight excluding hydrogens is 176 g/mol. The Morgan fingerprint density at radius 3 is 3.07 bits per heavy atom. The van der Waals surface area contributed by atoms with Crippen molar-refractivity contribution in [3.63, 3.8) is 0 Å². The molecule has 74 valence electrons. The van der Waals surface area contributed by atoms with Gasteiger partial charge in [-0.25, -0.2) is 4.98 Å². The molecule has 2 heterocycles. The van der Waals surface area contributed by atoms with E-state index >= 15 is 0 Å². The van der Waals surface area contributed by atoms with Gasteiger partial charge in [0.25, 0.3) is 0 Å². The lowest BCUT2D eigenvalue weighted by molar-refractivity contribution is 0.712. The zero-order valence-electron chi connectivity index (χ0n) is 8.41. The van der Waals surface area contributed by atoms with Crippen LogP contribution in [0.1, 0.15) is 5.82 Å². The summed E-state index contributed by atoms with van der Waals surface area (Å²) in [5.74, 6) is 1.04. The Balaban J connectivity index is 2.36. The molecule has 4 heteroatoms. The summed E-state index contributed by atoms with van der Waals surface area (Å²) in [7, 11) is 3.94. The Hall–Kier alpha value is -1.55. The fraction of sp³-hybridized carbons (Fsp3) is 0.300. The summed E-state index contributed by atoms with van der Waals surface area (Å²) in [6, 6.07) is 4.03. The third-order valence-corrected chi connectivity index (χ3v) is 2.29. The van der Waals surface area contributed by atoms with Gasteiger partial charge in [0.15, 0.2) is 0 Å². The number of H-pyrrole nitrogens is 1. The van der Waals surface area contributed by atoms with Gasteiger partial charge in [0, 0.05) is 13.2 Å². The molecule has 0 atom stereocenters. The summed E-state index contributed by atoms with van der Waals surface area (Å²) < 4.78 is 2.09. The summed E-state index contributed by atoms with van der Waals surface area (Å²) >= 11 is 0. The number of hydrogen-bond donors (Lipinski definition) is 2. The van der Waals surface area contributed by atoms with E-state index in [-0.39, 0.29) is 0 Å². The number of nitrogens with zero attached hydrogens (tertiary/aromatic N) is 2. The maximum Gasteiger partial charge on any atom is 0.122 e. The second-order valence-corrected chi connectivity index (χ2v) is 3.23. The van der Waals surface area contributed by atoms with Gasteiger partial charge in [-0.15, -0.1) is 0 Å². The highest BCUT2D eigenvalue weighted by atomic mass is 15.1. The largest absolute Gasteiger partial charge is 0.360 e. The molecule has 0 saturated carbocycles. The van der Waals surface area contributed by atoms with Gasteiger partial charge in [-0.1, -0.05) is 0 Å². The summed E-state index contributed by atoms with van der Waals surface area (Å²) in [4.78, 5) is 7.51. The normalized spacial score (nSPS) is 10.7. The third kappa shape index (κ3) is 1.44. The van der Waals surface area contributed by atoms with E-state index in [4.69, 9.17) is 0 Å². The van der Waals surface area contributed by atoms with Gasteiger partial charge in [-0.05, 0) is 19.2 Å². The zero-order chi connectivity index (χ0) is 9.97. The lowest BCUT2D eigenvalue weighted by Crippen LogP contribution is -2.10. The molecule has 0 bridgehead atoms. The quantitative estimate of drug-likeness (QED) is 0.762. The highest BCUT2D eigenvalue weighted by Crippen LogP contribution is 2.16. The highest BCUT2D eigenvalue weighted by molar-refractivity contribution is 5.54. The van der Waals surface area contributed by atoms with Crippen LogP contribution in [0.25, 0.3) is 11.4 Å². The Morgan fingerprint density at radius 2 is 2.43 bits per heavy atom. The summed E-state index contributed by atoms with van der Waals surface area (Å²) in [5.41, 5.74) is 2.21. The minimum atomic E-state index is 0.789. The van der Waals surface area contributed by atoms with Crippen LogP contribution in [-0.2, 0) is 13.6 Å². The Kier molecular flexibility index (Phi) is 2.37. The van der Waals surface area contributed by atoms with Crippen LogP contribution in [0.3, 0.4) is 0 Å². The van der Waals surface area contributed by atoms with Crippen LogP contribution in [0.2, 0.25) is 0 Å². The van der Waals surface area contributed by atoms with Crippen molar-refractivity contribution < 1.29 is 0 Å². The van der Waals surface area contributed by atoms with E-state index in [0.717, 1.165) is 23.8 Å². The molecule has 2 N–H and O–H groups in total. The average molecular weight is 190 g/mol. The van der Waals surface area contributed by atoms with E-state index in [1.807, 2.05) is 38.6 Å². The SMILES string of the molecule is CNCc1ncc(-c2ccc[nH]2)n1C. The van der Waals surface area contributed by atoms with Crippen LogP contribution in [0.4, 0.5) is 0 Å². The van der Waals surface area contributed by atoms with Gasteiger partial charge in [-0.2, -0.15) is 0 Å². The molecule has 0 unspecified atom stereocenters. The van der Waals surface area contributed by atoms with E-state index < -0.39 is 0 Å². The molecule has 14 heavy (non-hydrogen) atoms. The second kappa shape index (κ2) is 3.67. The summed E-state index contributed by atoms with van der Waals surface area (Å²) in [5, 5.41) is 3.09. The molecule has 0 amide bonds. The van der Waals surface area contributed by atoms with E-state index in [1.165, 1.54) is 0 Å². The molecule has 0 aliphatic heterocycles. The van der Waals surface area contributed by atoms with Gasteiger partial charge < -0.3 is 14.9 Å². The van der Waals surface area contributed by atoms with E-state index in [9.17, 15) is 0 Å². The lowest BCUT2D eigenvalue weighted by atomic mass is 10.3. The predicted octanol–water partition coefficient (Wildman–Crippen LogP) is 1.13. The van der Waals surface area contributed by atoms with E-state index in [2.05, 4.69) is 19.9 Å². The monoisotopic (exact) mass is 190 g/mol. The topological polar surface area (TPSA) is 45.6 Å². The van der Waals surface area contributed by atoms with Crippen LogP contribution in [0.5, 0.6) is 0 Å². The van der Waals surface area contributed by atoms with Crippen LogP contribution in [0.15, 0.2) is 24.5 Å². The van der Waals surface area contributed by atoms with Crippen molar-refractivity contribution in [3.05, 3.63) is 30.4 Å². The Bertz CT molecular complexity index is 400. The van der Waals surface area contributed by atoms with Gasteiger partial charge in [0.2, 0.25) is 0 Å². The third-order valence-electron chi connectivity index (χ3n) is 2.29. The fourth-order valence-electron chi connectivity index (χ4n) is 1.51. The molecular formula is C10H14N4. The summed E-state index contributed by atoms with van der Waals surface area (Å²) in [6.45, 7) is 0.789. The van der Waals surface area contributed by atoms with Crippen LogP contribution < -0.4 is 5.32 Å². The number of hydrogen-bond acceptors (Lipinski definition) is 2. The van der Waals surface area contributed by atoms with E-state index in [1.54, 1.807) is 0 Å². The van der Waals surface area contributed by atoms with Crippen molar-refractivity contribution in [1.82, 2.24) is 19.9 Å². The smallest absolute Gasteiger partial charge is 0.122 e. The summed E-state index contributed by atoms with van der Waals surface area (Å²) in [6.07, 6.45) is 3.80. The molecule has 4 nitrogen and oxygen atoms in total. The number of aromatic amines is 1. The molecule has 2 aromatic heterocycles. The molecule has 2 aromatic rings. The molecule has 0 saturated heterocycles. The molecule has 0 aromatic carbocycles. The number of nitrogens with one attached hydrogen (secondary N) is 2. The van der Waals surface area contributed by atoms with Crippen molar-refractivity contribution in [2.75, 3.05) is 7.05 Å². The van der Waals surface area contributed by atoms with Crippen molar-refractivity contribution >= 4 is 0 Å². The first-order valence-electron chi connectivity index (χ1n) is 4.62. The number of imidazole rings is 1. The zero-order valence-corrected chi connectivity index (χ0v) is 8.41. The fourth-order valence-corrected chi connectivity index (χ4v) is 1.51. The first-order chi connectivity index (χ1) is 6.83. The molecule has 0 fully saturated rings. The maximum absolute atomic E-state index is 4.34. The molecule has 0 aliphatic rings. The average Bonchev–Trinajstić information content (AvgIpc) is 2.77. The Labute approximate surface area is 83.0 Å². The van der Waals surface area contributed by atoms with Crippen molar-refractivity contribution in [1.29, 1.82) is 0 Å². The van der Waals surface area contributed by atoms with Gasteiger partial charge in [0.1, 0.15) is 5.82 Å². The van der Waals surface area contributed by atoms with Crippen LogP contribution >= 0.6 is 0 Å².